The molecule has 0 bridgehead atoms. The molecule has 0 fully saturated rings. The van der Waals surface area contributed by atoms with Crippen molar-refractivity contribution in [1.82, 2.24) is 0 Å². The number of rotatable bonds is 6. The Bertz CT molecular complexity index is 3110. The van der Waals surface area contributed by atoms with Crippen molar-refractivity contribution in [3.63, 3.8) is 0 Å². The van der Waals surface area contributed by atoms with Gasteiger partial charge in [0.05, 0.1) is 16.5 Å². The van der Waals surface area contributed by atoms with Crippen LogP contribution in [-0.2, 0) is 10.8 Å². The number of benzene rings is 10. The van der Waals surface area contributed by atoms with E-state index in [9.17, 15) is 0 Å². The highest BCUT2D eigenvalue weighted by atomic mass is 15.1. The van der Waals surface area contributed by atoms with Gasteiger partial charge in [-0.2, -0.15) is 0 Å². The van der Waals surface area contributed by atoms with Gasteiger partial charge in [-0.3, -0.25) is 0 Å². The summed E-state index contributed by atoms with van der Waals surface area (Å²) in [4.78, 5) is 2.37. The van der Waals surface area contributed by atoms with Gasteiger partial charge in [0.25, 0.3) is 0 Å². The van der Waals surface area contributed by atoms with E-state index in [1.165, 1.54) is 77.5 Å². The van der Waals surface area contributed by atoms with Crippen LogP contribution in [0.3, 0.4) is 0 Å². The van der Waals surface area contributed by atoms with Crippen molar-refractivity contribution in [1.29, 1.82) is 0 Å². The van der Waals surface area contributed by atoms with Gasteiger partial charge in [0.2, 0.25) is 0 Å². The van der Waals surface area contributed by atoms with Crippen molar-refractivity contribution in [2.45, 2.75) is 10.8 Å². The van der Waals surface area contributed by atoms with Gasteiger partial charge < -0.3 is 4.90 Å². The second kappa shape index (κ2) is 13.9. The quantitative estimate of drug-likeness (QED) is 0.163. The summed E-state index contributed by atoms with van der Waals surface area (Å²) >= 11 is 0. The van der Waals surface area contributed by atoms with Crippen LogP contribution in [0.15, 0.2) is 249 Å². The fourth-order valence-electron chi connectivity index (χ4n) is 11.1. The molecule has 286 valence electrons. The molecule has 0 N–H and O–H groups in total. The highest BCUT2D eigenvalue weighted by Crippen LogP contribution is 2.64. The van der Waals surface area contributed by atoms with Gasteiger partial charge in [-0.1, -0.05) is 212 Å². The van der Waals surface area contributed by atoms with Crippen molar-refractivity contribution >= 4 is 27.8 Å². The number of hydrogen-bond donors (Lipinski definition) is 0. The lowest BCUT2D eigenvalue weighted by atomic mass is 9.51. The van der Waals surface area contributed by atoms with E-state index in [0.717, 1.165) is 17.1 Å². The second-order valence-electron chi connectivity index (χ2n) is 16.3. The van der Waals surface area contributed by atoms with Gasteiger partial charge >= 0.3 is 0 Å². The molecule has 1 nitrogen and oxygen atoms in total. The average molecular weight is 776 g/mol. The van der Waals surface area contributed by atoms with Crippen molar-refractivity contribution in [3.05, 3.63) is 293 Å². The van der Waals surface area contributed by atoms with Gasteiger partial charge in [-0.05, 0) is 109 Å². The van der Waals surface area contributed by atoms with Crippen LogP contribution in [0.2, 0.25) is 0 Å². The minimum absolute atomic E-state index is 0.521. The van der Waals surface area contributed by atoms with Crippen LogP contribution in [0.1, 0.15) is 44.5 Å². The third kappa shape index (κ3) is 5.01. The highest BCUT2D eigenvalue weighted by Gasteiger charge is 2.56. The van der Waals surface area contributed by atoms with Crippen LogP contribution in [0.5, 0.6) is 0 Å². The predicted octanol–water partition coefficient (Wildman–Crippen LogP) is 15.0. The third-order valence-electron chi connectivity index (χ3n) is 13.4. The number of fused-ring (bicyclic) bond motifs is 10. The van der Waals surface area contributed by atoms with E-state index < -0.39 is 10.8 Å². The van der Waals surface area contributed by atoms with Gasteiger partial charge in [-0.15, -0.1) is 0 Å². The Hall–Kier alpha value is -7.74. The summed E-state index contributed by atoms with van der Waals surface area (Å²) in [6.45, 7) is 0. The first-order valence-corrected chi connectivity index (χ1v) is 21.3. The maximum Gasteiger partial charge on any atom is 0.0720 e. The number of para-hydroxylation sites is 2. The van der Waals surface area contributed by atoms with E-state index in [4.69, 9.17) is 0 Å². The molecule has 0 radical (unpaired) electrons. The predicted molar refractivity (Wildman–Crippen MR) is 253 cm³/mol. The maximum atomic E-state index is 2.47. The van der Waals surface area contributed by atoms with Crippen LogP contribution in [0.4, 0.5) is 17.1 Å². The topological polar surface area (TPSA) is 3.24 Å². The van der Waals surface area contributed by atoms with E-state index in [0.29, 0.717) is 0 Å². The molecule has 10 aromatic rings. The number of anilines is 3. The summed E-state index contributed by atoms with van der Waals surface area (Å²) in [5.74, 6) is 0. The molecule has 1 heteroatoms. The molecule has 2 aliphatic carbocycles. The normalized spacial score (nSPS) is 13.8. The molecular formula is C60H41N. The Morgan fingerprint density at radius 1 is 0.262 bits per heavy atom. The highest BCUT2D eigenvalue weighted by molar-refractivity contribution is 6.06. The Morgan fingerprint density at radius 3 is 1.26 bits per heavy atom. The average Bonchev–Trinajstić information content (AvgIpc) is 3.63. The van der Waals surface area contributed by atoms with Gasteiger partial charge in [-0.25, -0.2) is 0 Å². The first-order valence-electron chi connectivity index (χ1n) is 21.3. The molecule has 2 aliphatic rings. The molecule has 1 spiro atoms. The van der Waals surface area contributed by atoms with E-state index in [1.54, 1.807) is 0 Å². The summed E-state index contributed by atoms with van der Waals surface area (Å²) < 4.78 is 0. The van der Waals surface area contributed by atoms with Crippen molar-refractivity contribution in [2.75, 3.05) is 4.90 Å². The molecule has 0 saturated carbocycles. The first-order chi connectivity index (χ1) is 30.3. The third-order valence-corrected chi connectivity index (χ3v) is 13.4. The van der Waals surface area contributed by atoms with Crippen LogP contribution < -0.4 is 4.90 Å². The zero-order chi connectivity index (χ0) is 40.4. The van der Waals surface area contributed by atoms with E-state index in [2.05, 4.69) is 254 Å². The Morgan fingerprint density at radius 2 is 0.689 bits per heavy atom. The van der Waals surface area contributed by atoms with Gasteiger partial charge in [0.1, 0.15) is 0 Å². The van der Waals surface area contributed by atoms with Crippen LogP contribution in [-0.4, -0.2) is 0 Å². The number of nitrogens with zero attached hydrogens (tertiary/aromatic N) is 1. The molecule has 0 aliphatic heterocycles. The summed E-state index contributed by atoms with van der Waals surface area (Å²) in [6, 6.07) is 92.2. The van der Waals surface area contributed by atoms with Crippen molar-refractivity contribution in [3.8, 4) is 22.3 Å². The molecule has 0 amide bonds. The summed E-state index contributed by atoms with van der Waals surface area (Å²) in [5.41, 5.74) is 17.9. The largest absolute Gasteiger partial charge is 0.310 e. The molecule has 0 saturated heterocycles. The fourth-order valence-corrected chi connectivity index (χ4v) is 11.1. The minimum atomic E-state index is -0.525. The van der Waals surface area contributed by atoms with Crippen molar-refractivity contribution in [2.24, 2.45) is 0 Å². The lowest BCUT2D eigenvalue weighted by molar-refractivity contribution is 0.623. The Labute approximate surface area is 357 Å². The van der Waals surface area contributed by atoms with Gasteiger partial charge in [0.15, 0.2) is 0 Å². The molecule has 0 heterocycles. The lowest BCUT2D eigenvalue weighted by Crippen LogP contribution is -2.44. The summed E-state index contributed by atoms with van der Waals surface area (Å²) in [6.07, 6.45) is 0. The summed E-state index contributed by atoms with van der Waals surface area (Å²) in [7, 11) is 0. The van der Waals surface area contributed by atoms with Crippen LogP contribution >= 0.6 is 0 Å². The Kier molecular flexibility index (Phi) is 8.05. The Balaban J connectivity index is 1.10. The molecule has 61 heavy (non-hydrogen) atoms. The SMILES string of the molecule is c1ccc(N(c2ccccc2)c2cccc3c(-c4ccc5c(c4)-c4ccccc4C54c5ccccc5C(c5ccccc5)(c5ccccc5)c5ccccc54)cccc23)cc1. The zero-order valence-corrected chi connectivity index (χ0v) is 33.6. The molecular weight excluding hydrogens is 735 g/mol. The van der Waals surface area contributed by atoms with E-state index in [1.807, 2.05) is 0 Å². The standard InChI is InChI=1S/C60H41N/c1-5-21-43(22-6-1)59(44-23-7-2-8-24-44)54-34-15-17-36-56(54)60(57-37-18-16-35-55(57)59)52-33-14-13-29-49(52)51-41-42(39-40-53(51)60)47-30-19-32-50-48(47)31-20-38-58(50)61(45-25-9-3-10-26-45)46-27-11-4-12-28-46/h1-41H. The van der Waals surface area contributed by atoms with Crippen LogP contribution in [0, 0.1) is 0 Å². The van der Waals surface area contributed by atoms with E-state index in [-0.39, 0.29) is 0 Å². The lowest BCUT2D eigenvalue weighted by Gasteiger charge is -2.50. The van der Waals surface area contributed by atoms with Crippen molar-refractivity contribution < 1.29 is 0 Å². The second-order valence-corrected chi connectivity index (χ2v) is 16.3. The monoisotopic (exact) mass is 775 g/mol. The van der Waals surface area contributed by atoms with E-state index >= 15 is 0 Å². The smallest absolute Gasteiger partial charge is 0.0720 e. The van der Waals surface area contributed by atoms with Crippen LogP contribution in [0.25, 0.3) is 33.0 Å². The molecule has 12 rings (SSSR count). The molecule has 0 unspecified atom stereocenters. The maximum absolute atomic E-state index is 2.47. The van der Waals surface area contributed by atoms with Gasteiger partial charge in [0, 0.05) is 16.8 Å². The minimum Gasteiger partial charge on any atom is -0.310 e. The number of hydrogen-bond acceptors (Lipinski definition) is 1. The fraction of sp³-hybridized carbons (Fsp3) is 0.0333. The molecule has 10 aromatic carbocycles. The molecule has 0 atom stereocenters. The molecule has 0 aromatic heterocycles. The first kappa shape index (κ1) is 35.2. The zero-order valence-electron chi connectivity index (χ0n) is 33.6. The summed E-state index contributed by atoms with van der Waals surface area (Å²) in [5, 5.41) is 2.43.